The summed E-state index contributed by atoms with van der Waals surface area (Å²) in [5.41, 5.74) is 21.6. The predicted octanol–water partition coefficient (Wildman–Crippen LogP) is -2.03. The molecule has 12 N–H and O–H groups in total. The van der Waals surface area contributed by atoms with Gasteiger partial charge in [-0.1, -0.05) is 20.3 Å². The van der Waals surface area contributed by atoms with Gasteiger partial charge in [-0.2, -0.15) is 11.8 Å². The van der Waals surface area contributed by atoms with Gasteiger partial charge in [0.2, 0.25) is 23.6 Å². The van der Waals surface area contributed by atoms with Gasteiger partial charge < -0.3 is 44.0 Å². The molecule has 15 heteroatoms. The summed E-state index contributed by atoms with van der Waals surface area (Å²) in [6.07, 6.45) is 2.81. The van der Waals surface area contributed by atoms with Crippen LogP contribution in [0.2, 0.25) is 0 Å². The first-order chi connectivity index (χ1) is 17.3. The fourth-order valence-electron chi connectivity index (χ4n) is 3.19. The number of nitrogens with one attached hydrogen (secondary N) is 3. The maximum Gasteiger partial charge on any atom is 0.326 e. The highest BCUT2D eigenvalue weighted by Gasteiger charge is 2.32. The molecule has 0 aliphatic carbocycles. The van der Waals surface area contributed by atoms with Crippen LogP contribution < -0.4 is 38.9 Å². The Labute approximate surface area is 221 Å². The number of amides is 4. The molecule has 37 heavy (non-hydrogen) atoms. The zero-order chi connectivity index (χ0) is 28.5. The topological polar surface area (TPSA) is 258 Å². The summed E-state index contributed by atoms with van der Waals surface area (Å²) < 4.78 is 0. The van der Waals surface area contributed by atoms with Gasteiger partial charge in [-0.25, -0.2) is 4.79 Å². The molecule has 4 amide bonds. The van der Waals surface area contributed by atoms with Gasteiger partial charge >= 0.3 is 5.97 Å². The van der Waals surface area contributed by atoms with Crippen molar-refractivity contribution < 1.29 is 29.1 Å². The lowest BCUT2D eigenvalue weighted by atomic mass is 9.96. The normalized spacial score (nSPS) is 14.8. The van der Waals surface area contributed by atoms with E-state index in [0.717, 1.165) is 0 Å². The lowest BCUT2D eigenvalue weighted by Gasteiger charge is -2.28. The van der Waals surface area contributed by atoms with Gasteiger partial charge in [-0.15, -0.1) is 0 Å². The molecule has 0 heterocycles. The largest absolute Gasteiger partial charge is 0.480 e. The van der Waals surface area contributed by atoms with Crippen molar-refractivity contribution >= 4 is 47.3 Å². The molecule has 0 aromatic carbocycles. The van der Waals surface area contributed by atoms with Crippen LogP contribution in [0.25, 0.3) is 0 Å². The van der Waals surface area contributed by atoms with Crippen molar-refractivity contribution in [1.82, 2.24) is 16.0 Å². The van der Waals surface area contributed by atoms with E-state index in [2.05, 4.69) is 20.9 Å². The van der Waals surface area contributed by atoms with Crippen LogP contribution in [0.3, 0.4) is 0 Å². The van der Waals surface area contributed by atoms with Gasteiger partial charge in [-0.3, -0.25) is 24.2 Å². The Morgan fingerprint density at radius 1 is 0.919 bits per heavy atom. The maximum absolute atomic E-state index is 13.1. The smallest absolute Gasteiger partial charge is 0.326 e. The number of hydrogen-bond donors (Lipinski definition) is 8. The average Bonchev–Trinajstić information content (AvgIpc) is 2.83. The van der Waals surface area contributed by atoms with Gasteiger partial charge in [0.15, 0.2) is 5.96 Å². The second-order valence-corrected chi connectivity index (χ2v) is 9.66. The number of thioether (sulfide) groups is 1. The molecule has 0 aromatic rings. The number of rotatable bonds is 19. The zero-order valence-corrected chi connectivity index (χ0v) is 22.5. The van der Waals surface area contributed by atoms with Crippen LogP contribution in [-0.4, -0.2) is 83.4 Å². The number of carbonyl (C=O) groups is 5. The third kappa shape index (κ3) is 14.3. The zero-order valence-electron chi connectivity index (χ0n) is 21.7. The third-order valence-corrected chi connectivity index (χ3v) is 6.28. The van der Waals surface area contributed by atoms with Gasteiger partial charge in [-0.05, 0) is 43.6 Å². The number of nitrogens with two attached hydrogens (primary N) is 4. The van der Waals surface area contributed by atoms with Crippen molar-refractivity contribution in [3.63, 3.8) is 0 Å². The Balaban J connectivity index is 5.54. The number of aliphatic imine (C=N–C) groups is 1. The maximum atomic E-state index is 13.1. The van der Waals surface area contributed by atoms with Crippen LogP contribution in [-0.2, 0) is 24.0 Å². The Kier molecular flexibility index (Phi) is 16.7. The number of hydrogen-bond acceptors (Lipinski definition) is 8. The second-order valence-electron chi connectivity index (χ2n) is 8.67. The molecular weight excluding hydrogens is 504 g/mol. The van der Waals surface area contributed by atoms with Gasteiger partial charge in [0, 0.05) is 13.0 Å². The van der Waals surface area contributed by atoms with E-state index in [4.69, 9.17) is 22.9 Å². The fraction of sp³-hybridized carbons (Fsp3) is 0.727. The Bertz CT molecular complexity index is 808. The average molecular weight is 547 g/mol. The molecule has 0 radical (unpaired) electrons. The fourth-order valence-corrected chi connectivity index (χ4v) is 3.68. The highest BCUT2D eigenvalue weighted by atomic mass is 32.2. The van der Waals surface area contributed by atoms with E-state index >= 15 is 0 Å². The highest BCUT2D eigenvalue weighted by molar-refractivity contribution is 7.98. The monoisotopic (exact) mass is 546 g/mol. The molecule has 0 saturated carbocycles. The van der Waals surface area contributed by atoms with Crippen molar-refractivity contribution in [3.8, 4) is 0 Å². The summed E-state index contributed by atoms with van der Waals surface area (Å²) >= 11 is 1.51. The van der Waals surface area contributed by atoms with Gasteiger partial charge in [0.25, 0.3) is 0 Å². The molecule has 0 rings (SSSR count). The lowest BCUT2D eigenvalue weighted by molar-refractivity contribution is -0.143. The minimum absolute atomic E-state index is 0.0598. The molecular formula is C22H42N8O6S. The van der Waals surface area contributed by atoms with Crippen molar-refractivity contribution in [1.29, 1.82) is 0 Å². The second kappa shape index (κ2) is 18.2. The van der Waals surface area contributed by atoms with Crippen molar-refractivity contribution in [2.45, 2.75) is 76.5 Å². The molecule has 212 valence electrons. The molecule has 0 aliphatic heterocycles. The number of nitrogens with zero attached hydrogens (tertiary/aromatic N) is 1. The summed E-state index contributed by atoms with van der Waals surface area (Å²) in [4.78, 5) is 65.4. The van der Waals surface area contributed by atoms with E-state index in [1.807, 2.05) is 6.26 Å². The molecule has 0 aliphatic rings. The molecule has 0 bridgehead atoms. The standard InChI is InChI=1S/C22H42N8O6S/c1-4-12(2)17(20(34)29-15(21(35)36)6-5-10-27-22(25)26)30-19(33)14(7-8-16(24)31)28-18(32)13(23)9-11-37-3/h12-15,17H,4-11,23H2,1-3H3,(H2,24,31)(H,28,32)(H,29,34)(H,30,33)(H,35,36)(H4,25,26,27). The predicted molar refractivity (Wildman–Crippen MR) is 142 cm³/mol. The highest BCUT2D eigenvalue weighted by Crippen LogP contribution is 2.11. The number of aliphatic carboxylic acids is 1. The van der Waals surface area contributed by atoms with Crippen LogP contribution in [0.15, 0.2) is 4.99 Å². The Morgan fingerprint density at radius 3 is 2.05 bits per heavy atom. The number of carboxylic acid groups (broad SMARTS) is 1. The molecule has 0 saturated heterocycles. The van der Waals surface area contributed by atoms with Crippen molar-refractivity contribution in [3.05, 3.63) is 0 Å². The Morgan fingerprint density at radius 2 is 1.54 bits per heavy atom. The first-order valence-electron chi connectivity index (χ1n) is 12.1. The van der Waals surface area contributed by atoms with Crippen LogP contribution in [0.5, 0.6) is 0 Å². The molecule has 0 aromatic heterocycles. The Hall–Kier alpha value is -3.07. The summed E-state index contributed by atoms with van der Waals surface area (Å²) in [5, 5.41) is 17.1. The summed E-state index contributed by atoms with van der Waals surface area (Å²) in [6, 6.07) is -4.37. The van der Waals surface area contributed by atoms with Gasteiger partial charge in [0.05, 0.1) is 6.04 Å². The first-order valence-corrected chi connectivity index (χ1v) is 13.4. The number of primary amides is 1. The number of guanidine groups is 1. The molecule has 0 fully saturated rings. The van der Waals surface area contributed by atoms with E-state index < -0.39 is 53.8 Å². The van der Waals surface area contributed by atoms with Crippen molar-refractivity contribution in [2.75, 3.05) is 18.6 Å². The van der Waals surface area contributed by atoms with E-state index in [9.17, 15) is 29.1 Å². The van der Waals surface area contributed by atoms with Crippen LogP contribution in [0, 0.1) is 5.92 Å². The third-order valence-electron chi connectivity index (χ3n) is 5.64. The molecule has 5 unspecified atom stereocenters. The van der Waals surface area contributed by atoms with E-state index in [-0.39, 0.29) is 37.7 Å². The lowest BCUT2D eigenvalue weighted by Crippen LogP contribution is -2.58. The molecule has 0 spiro atoms. The minimum atomic E-state index is -1.25. The number of carbonyl (C=O) groups excluding carboxylic acids is 4. The van der Waals surface area contributed by atoms with E-state index in [0.29, 0.717) is 25.0 Å². The summed E-state index contributed by atoms with van der Waals surface area (Å²) in [7, 11) is 0. The first kappa shape index (κ1) is 33.9. The van der Waals surface area contributed by atoms with Crippen molar-refractivity contribution in [2.24, 2.45) is 33.8 Å². The number of carboxylic acids is 1. The summed E-state index contributed by atoms with van der Waals surface area (Å²) in [6.45, 7) is 3.71. The van der Waals surface area contributed by atoms with E-state index in [1.165, 1.54) is 11.8 Å². The van der Waals surface area contributed by atoms with Gasteiger partial charge in [0.1, 0.15) is 18.1 Å². The molecule has 5 atom stereocenters. The van der Waals surface area contributed by atoms with E-state index in [1.54, 1.807) is 13.8 Å². The summed E-state index contributed by atoms with van der Waals surface area (Å²) in [5.74, 6) is -3.77. The minimum Gasteiger partial charge on any atom is -0.480 e. The van der Waals surface area contributed by atoms with Crippen LogP contribution >= 0.6 is 11.8 Å². The quantitative estimate of drug-likeness (QED) is 0.0500. The van der Waals surface area contributed by atoms with Crippen LogP contribution in [0.4, 0.5) is 0 Å². The van der Waals surface area contributed by atoms with Crippen LogP contribution in [0.1, 0.15) is 52.4 Å². The molecule has 14 nitrogen and oxygen atoms in total. The SMILES string of the molecule is CCC(C)C(NC(=O)C(CCC(N)=O)NC(=O)C(N)CCSC)C(=O)NC(CCCN=C(N)N)C(=O)O.